The summed E-state index contributed by atoms with van der Waals surface area (Å²) in [5.74, 6) is 0.205. The van der Waals surface area contributed by atoms with Crippen LogP contribution in [0.25, 0.3) is 28.0 Å². The van der Waals surface area contributed by atoms with E-state index in [-0.39, 0.29) is 5.91 Å². The van der Waals surface area contributed by atoms with E-state index < -0.39 is 5.60 Å². The number of benzene rings is 1. The Morgan fingerprint density at radius 2 is 1.91 bits per heavy atom. The molecule has 178 valence electrons. The fourth-order valence-electron chi connectivity index (χ4n) is 3.82. The van der Waals surface area contributed by atoms with Crippen molar-refractivity contribution in [2.75, 3.05) is 5.32 Å². The number of nitrogens with one attached hydrogen (secondary N) is 1. The highest BCUT2D eigenvalue weighted by Crippen LogP contribution is 2.26. The molecule has 0 bridgehead atoms. The van der Waals surface area contributed by atoms with E-state index >= 15 is 0 Å². The number of fused-ring (bicyclic) bond motifs is 1. The fourth-order valence-corrected chi connectivity index (χ4v) is 3.82. The zero-order chi connectivity index (χ0) is 24.7. The number of pyridine rings is 1. The number of aryl methyl sites for hydroxylation is 2. The summed E-state index contributed by atoms with van der Waals surface area (Å²) in [5, 5.41) is 33.9. The van der Waals surface area contributed by atoms with Crippen LogP contribution in [0.5, 0.6) is 0 Å². The Hall–Kier alpha value is -4.38. The van der Waals surface area contributed by atoms with Crippen molar-refractivity contribution in [1.82, 2.24) is 39.6 Å². The van der Waals surface area contributed by atoms with Gasteiger partial charge in [0.15, 0.2) is 0 Å². The van der Waals surface area contributed by atoms with E-state index in [1.165, 1.54) is 4.80 Å². The van der Waals surface area contributed by atoms with Crippen LogP contribution < -0.4 is 5.32 Å². The van der Waals surface area contributed by atoms with Gasteiger partial charge in [0.05, 0.1) is 42.7 Å². The minimum Gasteiger partial charge on any atom is -0.389 e. The third kappa shape index (κ3) is 4.66. The molecule has 0 aliphatic heterocycles. The molecule has 4 heterocycles. The summed E-state index contributed by atoms with van der Waals surface area (Å²) in [5.41, 5.74) is 4.32. The van der Waals surface area contributed by atoms with Crippen molar-refractivity contribution in [2.45, 2.75) is 32.9 Å². The first-order valence-electron chi connectivity index (χ1n) is 11.1. The number of nitrogens with zero attached hydrogens (tertiary/aromatic N) is 8. The second-order valence-corrected chi connectivity index (χ2v) is 9.13. The van der Waals surface area contributed by atoms with Crippen molar-refractivity contribution in [3.8, 4) is 22.5 Å². The number of rotatable bonds is 6. The molecular formula is C24H25N9O2. The van der Waals surface area contributed by atoms with Crippen molar-refractivity contribution in [2.24, 2.45) is 7.05 Å². The molecule has 0 aliphatic rings. The predicted octanol–water partition coefficient (Wildman–Crippen LogP) is 2.72. The molecule has 4 aromatic heterocycles. The number of tetrazole rings is 1. The molecule has 5 rings (SSSR count). The normalized spacial score (nSPS) is 11.8. The Bertz CT molecular complexity index is 1540. The van der Waals surface area contributed by atoms with Crippen LogP contribution in [-0.2, 0) is 13.6 Å². The molecule has 1 amide bonds. The fraction of sp³-hybridized carbons (Fsp3) is 0.250. The quantitative estimate of drug-likeness (QED) is 0.390. The molecule has 11 nitrogen and oxygen atoms in total. The van der Waals surface area contributed by atoms with Crippen LogP contribution in [0, 0.1) is 6.92 Å². The maximum Gasteiger partial charge on any atom is 0.259 e. The highest BCUT2D eigenvalue weighted by molar-refractivity contribution is 6.09. The molecule has 0 aliphatic carbocycles. The molecule has 2 N–H and O–H groups in total. The minimum absolute atomic E-state index is 0.276. The molecule has 5 aromatic rings. The molecule has 1 aromatic carbocycles. The molecule has 0 fully saturated rings. The van der Waals surface area contributed by atoms with Gasteiger partial charge in [0.2, 0.25) is 5.82 Å². The number of hydrogen-bond acceptors (Lipinski definition) is 7. The Morgan fingerprint density at radius 3 is 2.66 bits per heavy atom. The lowest BCUT2D eigenvalue weighted by molar-refractivity contribution is 0.0577. The van der Waals surface area contributed by atoms with Crippen molar-refractivity contribution >= 4 is 17.1 Å². The summed E-state index contributed by atoms with van der Waals surface area (Å²) in [6, 6.07) is 9.44. The van der Waals surface area contributed by atoms with E-state index in [1.807, 2.05) is 43.5 Å². The maximum atomic E-state index is 13.2. The third-order valence-corrected chi connectivity index (χ3v) is 5.53. The summed E-state index contributed by atoms with van der Waals surface area (Å²) in [6.07, 6.45) is 6.97. The topological polar surface area (TPSA) is 128 Å². The lowest BCUT2D eigenvalue weighted by Gasteiger charge is -2.16. The van der Waals surface area contributed by atoms with Gasteiger partial charge < -0.3 is 10.4 Å². The van der Waals surface area contributed by atoms with E-state index in [0.717, 1.165) is 22.3 Å². The van der Waals surface area contributed by atoms with E-state index in [1.54, 1.807) is 48.7 Å². The van der Waals surface area contributed by atoms with Gasteiger partial charge in [-0.2, -0.15) is 15.0 Å². The van der Waals surface area contributed by atoms with Gasteiger partial charge in [-0.15, -0.1) is 10.2 Å². The van der Waals surface area contributed by atoms with E-state index in [2.05, 4.69) is 30.9 Å². The van der Waals surface area contributed by atoms with Crippen molar-refractivity contribution in [1.29, 1.82) is 0 Å². The van der Waals surface area contributed by atoms with Gasteiger partial charge in [0.25, 0.3) is 5.91 Å². The summed E-state index contributed by atoms with van der Waals surface area (Å²) in [7, 11) is 1.70. The van der Waals surface area contributed by atoms with Crippen LogP contribution in [0.2, 0.25) is 0 Å². The van der Waals surface area contributed by atoms with E-state index in [0.29, 0.717) is 29.1 Å². The number of aromatic nitrogens is 8. The predicted molar refractivity (Wildman–Crippen MR) is 130 cm³/mol. The summed E-state index contributed by atoms with van der Waals surface area (Å²) in [4.78, 5) is 14.6. The molecule has 0 unspecified atom stereocenters. The molecule has 0 spiro atoms. The Morgan fingerprint density at radius 1 is 1.09 bits per heavy atom. The molecule has 0 radical (unpaired) electrons. The van der Waals surface area contributed by atoms with Gasteiger partial charge >= 0.3 is 0 Å². The van der Waals surface area contributed by atoms with Crippen LogP contribution in [0.3, 0.4) is 0 Å². The van der Waals surface area contributed by atoms with Crippen LogP contribution in [-0.4, -0.2) is 56.2 Å². The first-order valence-corrected chi connectivity index (χ1v) is 11.1. The van der Waals surface area contributed by atoms with Crippen molar-refractivity contribution in [3.05, 3.63) is 66.2 Å². The highest BCUT2D eigenvalue weighted by atomic mass is 16.3. The Labute approximate surface area is 201 Å². The van der Waals surface area contributed by atoms with Gasteiger partial charge in [-0.3, -0.25) is 9.48 Å². The lowest BCUT2D eigenvalue weighted by Crippen LogP contribution is -2.26. The summed E-state index contributed by atoms with van der Waals surface area (Å²) < 4.78 is 3.36. The average Bonchev–Trinajstić information content (AvgIpc) is 3.53. The lowest BCUT2D eigenvalue weighted by atomic mass is 10.1. The van der Waals surface area contributed by atoms with E-state index in [4.69, 9.17) is 0 Å². The van der Waals surface area contributed by atoms with Crippen LogP contribution in [0.1, 0.15) is 29.8 Å². The van der Waals surface area contributed by atoms with Crippen LogP contribution in [0.15, 0.2) is 55.1 Å². The van der Waals surface area contributed by atoms with Crippen molar-refractivity contribution < 1.29 is 9.90 Å². The smallest absolute Gasteiger partial charge is 0.259 e. The number of carbonyl (C=O) groups is 1. The van der Waals surface area contributed by atoms with Gasteiger partial charge in [-0.25, -0.2) is 4.52 Å². The SMILES string of the molecule is Cc1ccc(-c2nnn(C)n2)cc1NC(=O)c1cnn2ccc(-c3cnn(CC(C)(C)O)c3)cc12. The highest BCUT2D eigenvalue weighted by Gasteiger charge is 2.17. The summed E-state index contributed by atoms with van der Waals surface area (Å²) >= 11 is 0. The van der Waals surface area contributed by atoms with Gasteiger partial charge in [0.1, 0.15) is 0 Å². The van der Waals surface area contributed by atoms with Crippen LogP contribution in [0.4, 0.5) is 5.69 Å². The minimum atomic E-state index is -0.872. The maximum absolute atomic E-state index is 13.2. The molecule has 0 atom stereocenters. The number of carbonyl (C=O) groups excluding carboxylic acids is 1. The zero-order valence-corrected chi connectivity index (χ0v) is 19.8. The zero-order valence-electron chi connectivity index (χ0n) is 19.8. The molecular weight excluding hydrogens is 446 g/mol. The number of amides is 1. The molecule has 11 heteroatoms. The monoisotopic (exact) mass is 471 g/mol. The molecule has 35 heavy (non-hydrogen) atoms. The van der Waals surface area contributed by atoms with Crippen molar-refractivity contribution in [3.63, 3.8) is 0 Å². The first kappa shape index (κ1) is 22.4. The first-order chi connectivity index (χ1) is 16.7. The van der Waals surface area contributed by atoms with Gasteiger partial charge in [-0.05, 0) is 55.3 Å². The number of hydrogen-bond donors (Lipinski definition) is 2. The third-order valence-electron chi connectivity index (χ3n) is 5.53. The number of anilines is 1. The Balaban J connectivity index is 1.43. The largest absolute Gasteiger partial charge is 0.389 e. The second-order valence-electron chi connectivity index (χ2n) is 9.13. The molecule has 0 saturated carbocycles. The summed E-state index contributed by atoms with van der Waals surface area (Å²) in [6.45, 7) is 5.76. The van der Waals surface area contributed by atoms with Crippen LogP contribution >= 0.6 is 0 Å². The standard InChI is InChI=1S/C24H25N9O2/c1-15-5-6-17(22-28-30-31(4)29-22)9-20(15)27-23(34)19-12-26-33-8-7-16(10-21(19)33)18-11-25-32(13-18)14-24(2,3)35/h5-13,35H,14H2,1-4H3,(H,27,34). The second kappa shape index (κ2) is 8.44. The van der Waals surface area contributed by atoms with E-state index in [9.17, 15) is 9.90 Å². The van der Waals surface area contributed by atoms with Gasteiger partial charge in [-0.1, -0.05) is 12.1 Å². The number of aliphatic hydroxyl groups is 1. The Kier molecular flexibility index (Phi) is 5.40. The average molecular weight is 472 g/mol. The van der Waals surface area contributed by atoms with Gasteiger partial charge in [0, 0.05) is 29.2 Å². The molecule has 0 saturated heterocycles.